The molecule has 0 amide bonds. The Hall–Kier alpha value is -0.0800. The first-order valence-electron chi connectivity index (χ1n) is 5.16. The summed E-state index contributed by atoms with van der Waals surface area (Å²) in [7, 11) is 1.99. The molecule has 0 aliphatic rings. The van der Waals surface area contributed by atoms with Crippen molar-refractivity contribution < 1.29 is 0 Å². The number of hydrogen-bond donors (Lipinski definition) is 2. The molecule has 0 rings (SSSR count). The molecule has 0 bridgehead atoms. The molecule has 2 heteroatoms. The third-order valence-electron chi connectivity index (χ3n) is 2.15. The zero-order valence-electron chi connectivity index (χ0n) is 8.82. The van der Waals surface area contributed by atoms with E-state index in [1.165, 1.54) is 25.8 Å². The molecule has 0 saturated carbocycles. The summed E-state index contributed by atoms with van der Waals surface area (Å²) in [5.41, 5.74) is 0. The Balaban J connectivity index is 2.97. The molecular formula is C10H24N2. The van der Waals surface area contributed by atoms with Gasteiger partial charge in [0.25, 0.3) is 0 Å². The third kappa shape index (κ3) is 8.02. The molecular weight excluding hydrogens is 148 g/mol. The van der Waals surface area contributed by atoms with Gasteiger partial charge < -0.3 is 10.6 Å². The predicted octanol–water partition coefficient (Wildman–Crippen LogP) is 1.62. The molecule has 1 unspecified atom stereocenters. The summed E-state index contributed by atoms with van der Waals surface area (Å²) in [6.45, 7) is 7.93. The Labute approximate surface area is 77.1 Å². The van der Waals surface area contributed by atoms with Crippen molar-refractivity contribution in [1.29, 1.82) is 0 Å². The van der Waals surface area contributed by atoms with Crippen LogP contribution in [0.4, 0.5) is 0 Å². The second kappa shape index (κ2) is 9.01. The lowest BCUT2D eigenvalue weighted by molar-refractivity contribution is 0.465. The third-order valence-corrected chi connectivity index (χ3v) is 2.15. The van der Waals surface area contributed by atoms with Crippen LogP contribution in [-0.4, -0.2) is 26.7 Å². The van der Waals surface area contributed by atoms with Crippen LogP contribution in [0.5, 0.6) is 0 Å². The van der Waals surface area contributed by atoms with E-state index in [2.05, 4.69) is 24.5 Å². The highest BCUT2D eigenvalue weighted by atomic mass is 14.9. The zero-order valence-corrected chi connectivity index (χ0v) is 8.82. The molecule has 2 nitrogen and oxygen atoms in total. The number of likely N-dealkylation sites (N-methyl/N-ethyl adjacent to an activating group) is 1. The average molecular weight is 172 g/mol. The molecule has 0 radical (unpaired) electrons. The van der Waals surface area contributed by atoms with Gasteiger partial charge in [-0.05, 0) is 25.9 Å². The topological polar surface area (TPSA) is 24.1 Å². The lowest BCUT2D eigenvalue weighted by Crippen LogP contribution is -2.26. The summed E-state index contributed by atoms with van der Waals surface area (Å²) in [6.07, 6.45) is 4.00. The molecule has 1 atom stereocenters. The number of hydrogen-bond acceptors (Lipinski definition) is 2. The fourth-order valence-corrected chi connectivity index (χ4v) is 1.32. The summed E-state index contributed by atoms with van der Waals surface area (Å²) in [5.74, 6) is 0.886. The highest BCUT2D eigenvalue weighted by Gasteiger charge is 1.98. The number of rotatable bonds is 8. The van der Waals surface area contributed by atoms with Crippen LogP contribution in [0.1, 0.15) is 33.1 Å². The van der Waals surface area contributed by atoms with Crippen LogP contribution >= 0.6 is 0 Å². The molecule has 0 aliphatic heterocycles. The average Bonchev–Trinajstić information content (AvgIpc) is 2.05. The molecule has 0 heterocycles. The summed E-state index contributed by atoms with van der Waals surface area (Å²) in [6, 6.07) is 0. The summed E-state index contributed by atoms with van der Waals surface area (Å²) in [5, 5.41) is 6.53. The number of nitrogens with one attached hydrogen (secondary N) is 2. The second-order valence-electron chi connectivity index (χ2n) is 3.54. The normalized spacial score (nSPS) is 13.2. The van der Waals surface area contributed by atoms with Crippen LogP contribution in [0.3, 0.4) is 0 Å². The Morgan fingerprint density at radius 2 is 1.83 bits per heavy atom. The molecule has 12 heavy (non-hydrogen) atoms. The van der Waals surface area contributed by atoms with Crippen molar-refractivity contribution in [2.75, 3.05) is 26.7 Å². The van der Waals surface area contributed by atoms with Gasteiger partial charge >= 0.3 is 0 Å². The van der Waals surface area contributed by atoms with E-state index in [-0.39, 0.29) is 0 Å². The standard InChI is InChI=1S/C10H24N2/c1-4-5-10(2)6-7-12-9-8-11-3/h10-12H,4-9H2,1-3H3. The Bertz CT molecular complexity index is 83.9. The maximum atomic E-state index is 3.41. The fourth-order valence-electron chi connectivity index (χ4n) is 1.32. The molecule has 0 saturated heterocycles. The van der Waals surface area contributed by atoms with Gasteiger partial charge in [-0.25, -0.2) is 0 Å². The monoisotopic (exact) mass is 172 g/mol. The van der Waals surface area contributed by atoms with Crippen LogP contribution < -0.4 is 10.6 Å². The fraction of sp³-hybridized carbons (Fsp3) is 1.00. The molecule has 2 N–H and O–H groups in total. The first kappa shape index (κ1) is 11.9. The van der Waals surface area contributed by atoms with E-state index in [1.807, 2.05) is 7.05 Å². The second-order valence-corrected chi connectivity index (χ2v) is 3.54. The van der Waals surface area contributed by atoms with Gasteiger partial charge in [-0.2, -0.15) is 0 Å². The van der Waals surface area contributed by atoms with Crippen LogP contribution in [0.25, 0.3) is 0 Å². The minimum absolute atomic E-state index is 0.886. The van der Waals surface area contributed by atoms with Crippen molar-refractivity contribution >= 4 is 0 Å². The summed E-state index contributed by atoms with van der Waals surface area (Å²) >= 11 is 0. The van der Waals surface area contributed by atoms with Gasteiger partial charge in [0.2, 0.25) is 0 Å². The van der Waals surface area contributed by atoms with Gasteiger partial charge in [0.05, 0.1) is 0 Å². The maximum absolute atomic E-state index is 3.41. The molecule has 0 spiro atoms. The van der Waals surface area contributed by atoms with Crippen molar-refractivity contribution in [1.82, 2.24) is 10.6 Å². The maximum Gasteiger partial charge on any atom is 0.00766 e. The lowest BCUT2D eigenvalue weighted by atomic mass is 10.0. The molecule has 0 fully saturated rings. The van der Waals surface area contributed by atoms with Gasteiger partial charge in [0.15, 0.2) is 0 Å². The summed E-state index contributed by atoms with van der Waals surface area (Å²) < 4.78 is 0. The molecule has 0 aromatic rings. The Morgan fingerprint density at radius 3 is 2.42 bits per heavy atom. The molecule has 0 aromatic heterocycles. The van der Waals surface area contributed by atoms with Crippen molar-refractivity contribution in [2.45, 2.75) is 33.1 Å². The van der Waals surface area contributed by atoms with Crippen LogP contribution in [0.2, 0.25) is 0 Å². The zero-order chi connectivity index (χ0) is 9.23. The largest absolute Gasteiger partial charge is 0.318 e. The van der Waals surface area contributed by atoms with Crippen molar-refractivity contribution in [2.24, 2.45) is 5.92 Å². The van der Waals surface area contributed by atoms with Gasteiger partial charge in [0.1, 0.15) is 0 Å². The van der Waals surface area contributed by atoms with Crippen molar-refractivity contribution in [3.63, 3.8) is 0 Å². The minimum Gasteiger partial charge on any atom is -0.318 e. The quantitative estimate of drug-likeness (QED) is 0.544. The first-order valence-corrected chi connectivity index (χ1v) is 5.16. The van der Waals surface area contributed by atoms with Crippen molar-refractivity contribution in [3.8, 4) is 0 Å². The van der Waals surface area contributed by atoms with Crippen LogP contribution in [0.15, 0.2) is 0 Å². The van der Waals surface area contributed by atoms with E-state index < -0.39 is 0 Å². The Kier molecular flexibility index (Phi) is 8.95. The minimum atomic E-state index is 0.886. The van der Waals surface area contributed by atoms with E-state index in [0.29, 0.717) is 0 Å². The SMILES string of the molecule is CCCC(C)CCNCCNC. The molecule has 0 aromatic carbocycles. The Morgan fingerprint density at radius 1 is 1.08 bits per heavy atom. The smallest absolute Gasteiger partial charge is 0.00766 e. The van der Waals surface area contributed by atoms with Gasteiger partial charge in [-0.3, -0.25) is 0 Å². The van der Waals surface area contributed by atoms with E-state index in [0.717, 1.165) is 19.0 Å². The molecule has 0 aliphatic carbocycles. The van der Waals surface area contributed by atoms with Gasteiger partial charge in [-0.15, -0.1) is 0 Å². The van der Waals surface area contributed by atoms with E-state index in [4.69, 9.17) is 0 Å². The highest BCUT2D eigenvalue weighted by molar-refractivity contribution is 4.55. The van der Waals surface area contributed by atoms with Crippen molar-refractivity contribution in [3.05, 3.63) is 0 Å². The van der Waals surface area contributed by atoms with E-state index in [1.54, 1.807) is 0 Å². The first-order chi connectivity index (χ1) is 5.81. The lowest BCUT2D eigenvalue weighted by Gasteiger charge is -2.10. The summed E-state index contributed by atoms with van der Waals surface area (Å²) in [4.78, 5) is 0. The van der Waals surface area contributed by atoms with Crippen LogP contribution in [-0.2, 0) is 0 Å². The molecule has 74 valence electrons. The van der Waals surface area contributed by atoms with Gasteiger partial charge in [-0.1, -0.05) is 26.7 Å². The van der Waals surface area contributed by atoms with E-state index in [9.17, 15) is 0 Å². The van der Waals surface area contributed by atoms with Gasteiger partial charge in [0, 0.05) is 13.1 Å². The van der Waals surface area contributed by atoms with E-state index >= 15 is 0 Å². The predicted molar refractivity (Wildman–Crippen MR) is 55.5 cm³/mol. The highest BCUT2D eigenvalue weighted by Crippen LogP contribution is 2.07. The van der Waals surface area contributed by atoms with Crippen LogP contribution in [0, 0.1) is 5.92 Å².